The molecule has 0 spiro atoms. The number of aromatic amines is 1. The molecule has 0 aliphatic heterocycles. The van der Waals surface area contributed by atoms with Gasteiger partial charge in [0.25, 0.3) is 0 Å². The summed E-state index contributed by atoms with van der Waals surface area (Å²) in [6, 6.07) is 5.76. The van der Waals surface area contributed by atoms with E-state index in [4.69, 9.17) is 16.0 Å². The van der Waals surface area contributed by atoms with Gasteiger partial charge in [-0.1, -0.05) is 11.6 Å². The second-order valence-electron chi connectivity index (χ2n) is 4.50. The lowest BCUT2D eigenvalue weighted by Crippen LogP contribution is -2.18. The first-order valence-electron chi connectivity index (χ1n) is 6.07. The fourth-order valence-electron chi connectivity index (χ4n) is 2.07. The number of hydrogen-bond donors (Lipinski definition) is 2. The number of benzene rings is 1. The third kappa shape index (κ3) is 2.40. The Hall–Kier alpha value is -2.27. The molecule has 0 atom stereocenters. The van der Waals surface area contributed by atoms with Crippen LogP contribution in [0.15, 0.2) is 35.3 Å². The highest BCUT2D eigenvalue weighted by Crippen LogP contribution is 2.31. The van der Waals surface area contributed by atoms with Crippen LogP contribution in [0.2, 0.25) is 5.02 Å². The summed E-state index contributed by atoms with van der Waals surface area (Å²) >= 11 is 6.27. The average Bonchev–Trinajstić information content (AvgIpc) is 3.03. The molecular weight excluding hydrogens is 278 g/mol. The maximum absolute atomic E-state index is 10.9. The van der Waals surface area contributed by atoms with Crippen molar-refractivity contribution < 1.29 is 9.21 Å². The van der Waals surface area contributed by atoms with Gasteiger partial charge in [0.15, 0.2) is 6.39 Å². The summed E-state index contributed by atoms with van der Waals surface area (Å²) in [5.41, 5.74) is 3.35. The maximum atomic E-state index is 10.9. The average molecular weight is 290 g/mol. The molecule has 20 heavy (non-hydrogen) atoms. The Morgan fingerprint density at radius 3 is 3.00 bits per heavy atom. The van der Waals surface area contributed by atoms with E-state index in [1.54, 1.807) is 6.26 Å². The van der Waals surface area contributed by atoms with E-state index in [0.29, 0.717) is 17.3 Å². The standard InChI is InChI=1S/C14H12ClN3O2/c1-8(19)16-5-10-2-9-3-12(15)11(4-13(9)18-10)14-6-20-7-17-14/h2-4,6-7,18H,5H2,1H3,(H,16,19). The number of hydrogen-bond acceptors (Lipinski definition) is 3. The van der Waals surface area contributed by atoms with Gasteiger partial charge in [0, 0.05) is 29.1 Å². The van der Waals surface area contributed by atoms with E-state index < -0.39 is 0 Å². The molecule has 0 aliphatic carbocycles. The summed E-state index contributed by atoms with van der Waals surface area (Å²) in [6.45, 7) is 1.95. The first kappa shape index (κ1) is 12.7. The van der Waals surface area contributed by atoms with Crippen LogP contribution in [-0.2, 0) is 11.3 Å². The molecule has 0 radical (unpaired) electrons. The predicted molar refractivity (Wildman–Crippen MR) is 76.3 cm³/mol. The minimum Gasteiger partial charge on any atom is -0.451 e. The molecule has 0 fully saturated rings. The Labute approximate surface area is 120 Å². The van der Waals surface area contributed by atoms with E-state index in [1.165, 1.54) is 13.3 Å². The van der Waals surface area contributed by atoms with Crippen LogP contribution in [0, 0.1) is 0 Å². The molecular formula is C14H12ClN3O2. The van der Waals surface area contributed by atoms with Gasteiger partial charge in [-0.2, -0.15) is 0 Å². The molecule has 2 N–H and O–H groups in total. The van der Waals surface area contributed by atoms with Crippen molar-refractivity contribution in [1.82, 2.24) is 15.3 Å². The van der Waals surface area contributed by atoms with Gasteiger partial charge in [-0.05, 0) is 18.2 Å². The van der Waals surface area contributed by atoms with Crippen molar-refractivity contribution in [2.45, 2.75) is 13.5 Å². The highest BCUT2D eigenvalue weighted by molar-refractivity contribution is 6.34. The summed E-state index contributed by atoms with van der Waals surface area (Å²) in [4.78, 5) is 18.3. The van der Waals surface area contributed by atoms with Gasteiger partial charge in [0.2, 0.25) is 5.91 Å². The molecule has 0 saturated heterocycles. The Kier molecular flexibility index (Phi) is 3.20. The number of carbonyl (C=O) groups excluding carboxylic acids is 1. The van der Waals surface area contributed by atoms with Crippen LogP contribution < -0.4 is 5.32 Å². The SMILES string of the molecule is CC(=O)NCc1cc2cc(Cl)c(-c3cocn3)cc2[nH]1. The Bertz CT molecular complexity index is 762. The van der Waals surface area contributed by atoms with Crippen LogP contribution in [0.1, 0.15) is 12.6 Å². The van der Waals surface area contributed by atoms with Crippen LogP contribution in [0.25, 0.3) is 22.2 Å². The van der Waals surface area contributed by atoms with Crippen molar-refractivity contribution in [3.8, 4) is 11.3 Å². The van der Waals surface area contributed by atoms with E-state index in [0.717, 1.165) is 22.2 Å². The fraction of sp³-hybridized carbons (Fsp3) is 0.143. The predicted octanol–water partition coefficient (Wildman–Crippen LogP) is 3.11. The number of carbonyl (C=O) groups is 1. The highest BCUT2D eigenvalue weighted by atomic mass is 35.5. The highest BCUT2D eigenvalue weighted by Gasteiger charge is 2.10. The quantitative estimate of drug-likeness (QED) is 0.778. The molecule has 0 bridgehead atoms. The van der Waals surface area contributed by atoms with Gasteiger partial charge in [0.1, 0.15) is 12.0 Å². The van der Waals surface area contributed by atoms with Crippen molar-refractivity contribution in [2.75, 3.05) is 0 Å². The zero-order valence-electron chi connectivity index (χ0n) is 10.7. The largest absolute Gasteiger partial charge is 0.451 e. The van der Waals surface area contributed by atoms with Gasteiger partial charge in [0.05, 0.1) is 11.6 Å². The van der Waals surface area contributed by atoms with Crippen molar-refractivity contribution in [3.63, 3.8) is 0 Å². The van der Waals surface area contributed by atoms with Gasteiger partial charge < -0.3 is 14.7 Å². The lowest BCUT2D eigenvalue weighted by atomic mass is 10.1. The smallest absolute Gasteiger partial charge is 0.217 e. The third-order valence-corrected chi connectivity index (χ3v) is 3.31. The first-order chi connectivity index (χ1) is 9.63. The monoisotopic (exact) mass is 289 g/mol. The number of halogens is 1. The third-order valence-electron chi connectivity index (χ3n) is 3.00. The number of H-pyrrole nitrogens is 1. The molecule has 0 aliphatic rings. The molecule has 0 saturated carbocycles. The Morgan fingerprint density at radius 1 is 1.45 bits per heavy atom. The van der Waals surface area contributed by atoms with Gasteiger partial charge in [-0.25, -0.2) is 4.98 Å². The second kappa shape index (κ2) is 5.02. The normalized spacial score (nSPS) is 10.9. The van der Waals surface area contributed by atoms with Crippen LogP contribution in [0.3, 0.4) is 0 Å². The minimum atomic E-state index is -0.0648. The van der Waals surface area contributed by atoms with Crippen LogP contribution >= 0.6 is 11.6 Å². The number of nitrogens with one attached hydrogen (secondary N) is 2. The number of fused-ring (bicyclic) bond motifs is 1. The van der Waals surface area contributed by atoms with E-state index >= 15 is 0 Å². The summed E-state index contributed by atoms with van der Waals surface area (Å²) in [5.74, 6) is -0.0648. The summed E-state index contributed by atoms with van der Waals surface area (Å²) in [6.07, 6.45) is 2.92. The zero-order valence-corrected chi connectivity index (χ0v) is 11.5. The minimum absolute atomic E-state index is 0.0648. The number of amides is 1. The molecule has 0 unspecified atom stereocenters. The second-order valence-corrected chi connectivity index (χ2v) is 4.90. The molecule has 1 aromatic carbocycles. The number of oxazole rings is 1. The zero-order chi connectivity index (χ0) is 14.1. The van der Waals surface area contributed by atoms with Crippen molar-refractivity contribution >= 4 is 28.4 Å². The number of aromatic nitrogens is 2. The molecule has 3 rings (SSSR count). The van der Waals surface area contributed by atoms with Crippen LogP contribution in [0.4, 0.5) is 0 Å². The molecule has 6 heteroatoms. The fourth-order valence-corrected chi connectivity index (χ4v) is 2.34. The van der Waals surface area contributed by atoms with E-state index in [1.807, 2.05) is 18.2 Å². The Balaban J connectivity index is 2.00. The molecule has 2 aromatic heterocycles. The topological polar surface area (TPSA) is 70.9 Å². The molecule has 3 aromatic rings. The summed E-state index contributed by atoms with van der Waals surface area (Å²) < 4.78 is 4.98. The lowest BCUT2D eigenvalue weighted by molar-refractivity contribution is -0.119. The van der Waals surface area contributed by atoms with Crippen LogP contribution in [0.5, 0.6) is 0 Å². The Morgan fingerprint density at radius 2 is 2.30 bits per heavy atom. The van der Waals surface area contributed by atoms with Crippen molar-refractivity contribution in [2.24, 2.45) is 0 Å². The van der Waals surface area contributed by atoms with Gasteiger partial charge in [-0.15, -0.1) is 0 Å². The van der Waals surface area contributed by atoms with E-state index in [-0.39, 0.29) is 5.91 Å². The van der Waals surface area contributed by atoms with Crippen molar-refractivity contribution in [1.29, 1.82) is 0 Å². The molecule has 102 valence electrons. The summed E-state index contributed by atoms with van der Waals surface area (Å²) in [7, 11) is 0. The van der Waals surface area contributed by atoms with E-state index in [2.05, 4.69) is 15.3 Å². The van der Waals surface area contributed by atoms with Gasteiger partial charge in [-0.3, -0.25) is 4.79 Å². The van der Waals surface area contributed by atoms with Gasteiger partial charge >= 0.3 is 0 Å². The lowest BCUT2D eigenvalue weighted by Gasteiger charge is -2.00. The van der Waals surface area contributed by atoms with Crippen LogP contribution in [-0.4, -0.2) is 15.9 Å². The maximum Gasteiger partial charge on any atom is 0.217 e. The number of rotatable bonds is 3. The van der Waals surface area contributed by atoms with E-state index in [9.17, 15) is 4.79 Å². The molecule has 2 heterocycles. The molecule has 1 amide bonds. The van der Waals surface area contributed by atoms with Crippen molar-refractivity contribution in [3.05, 3.63) is 41.6 Å². The number of nitrogens with zero attached hydrogens (tertiary/aromatic N) is 1. The first-order valence-corrected chi connectivity index (χ1v) is 6.45. The summed E-state index contributed by atoms with van der Waals surface area (Å²) in [5, 5.41) is 4.35. The molecule has 5 nitrogen and oxygen atoms in total.